The molecule has 2 rings (SSSR count). The molecule has 0 saturated carbocycles. The van der Waals surface area contributed by atoms with Crippen molar-refractivity contribution in [1.29, 1.82) is 0 Å². The molecule has 0 aliphatic heterocycles. The molecule has 0 aromatic carbocycles. The topological polar surface area (TPSA) is 22.0 Å². The Morgan fingerprint density at radius 2 is 2.00 bits per heavy atom. The molecule has 2 heterocycles. The number of hydrogen-bond donors (Lipinski definition) is 0. The maximum atomic E-state index is 11.4. The van der Waals surface area contributed by atoms with E-state index in [9.17, 15) is 4.79 Å². The van der Waals surface area contributed by atoms with Crippen molar-refractivity contribution >= 4 is 21.4 Å². The van der Waals surface area contributed by atoms with Crippen molar-refractivity contribution in [2.45, 2.75) is 13.8 Å². The Balaban J connectivity index is 0.000000396. The lowest BCUT2D eigenvalue weighted by Gasteiger charge is -1.93. The third-order valence-corrected chi connectivity index (χ3v) is 2.61. The molecule has 70 valence electrons. The van der Waals surface area contributed by atoms with Gasteiger partial charge in [-0.3, -0.25) is 4.79 Å². The maximum Gasteiger partial charge on any atom is 0.268 e. The summed E-state index contributed by atoms with van der Waals surface area (Å²) in [4.78, 5) is 11.4. The second-order valence-electron chi connectivity index (χ2n) is 2.44. The van der Waals surface area contributed by atoms with Crippen molar-refractivity contribution in [2.24, 2.45) is 7.05 Å². The van der Waals surface area contributed by atoms with Gasteiger partial charge in [-0.05, 0) is 22.9 Å². The molecule has 2 nitrogen and oxygen atoms in total. The number of pyridine rings is 1. The van der Waals surface area contributed by atoms with E-state index in [2.05, 4.69) is 0 Å². The molecular weight excluding hydrogens is 182 g/mol. The maximum absolute atomic E-state index is 11.4. The highest BCUT2D eigenvalue weighted by Crippen LogP contribution is 2.14. The zero-order valence-corrected chi connectivity index (χ0v) is 8.89. The van der Waals surface area contributed by atoms with Gasteiger partial charge in [-0.15, -0.1) is 11.3 Å². The Labute approximate surface area is 81.4 Å². The first kappa shape index (κ1) is 9.99. The van der Waals surface area contributed by atoms with Crippen LogP contribution >= 0.6 is 11.3 Å². The van der Waals surface area contributed by atoms with Gasteiger partial charge in [0.2, 0.25) is 0 Å². The predicted molar refractivity (Wildman–Crippen MR) is 58.4 cm³/mol. The first-order valence-electron chi connectivity index (χ1n) is 4.32. The average molecular weight is 195 g/mol. The van der Waals surface area contributed by atoms with E-state index in [4.69, 9.17) is 0 Å². The minimum atomic E-state index is 0.0949. The van der Waals surface area contributed by atoms with E-state index in [0.29, 0.717) is 0 Å². The van der Waals surface area contributed by atoms with Crippen molar-refractivity contribution in [1.82, 2.24) is 4.57 Å². The lowest BCUT2D eigenvalue weighted by Crippen LogP contribution is -2.13. The number of rotatable bonds is 0. The van der Waals surface area contributed by atoms with Crippen LogP contribution in [0.5, 0.6) is 0 Å². The molecule has 0 radical (unpaired) electrons. The van der Waals surface area contributed by atoms with E-state index in [1.165, 1.54) is 11.3 Å². The molecule has 0 saturated heterocycles. The largest absolute Gasteiger partial charge is 0.317 e. The molecule has 0 N–H and O–H groups in total. The van der Waals surface area contributed by atoms with Crippen LogP contribution in [0.2, 0.25) is 0 Å². The molecule has 0 unspecified atom stereocenters. The minimum absolute atomic E-state index is 0.0949. The van der Waals surface area contributed by atoms with Crippen molar-refractivity contribution in [3.8, 4) is 0 Å². The smallest absolute Gasteiger partial charge is 0.268 e. The first-order chi connectivity index (χ1) is 6.29. The van der Waals surface area contributed by atoms with Crippen LogP contribution in [0, 0.1) is 0 Å². The van der Waals surface area contributed by atoms with Gasteiger partial charge in [0.1, 0.15) is 0 Å². The van der Waals surface area contributed by atoms with Gasteiger partial charge in [-0.1, -0.05) is 13.8 Å². The fourth-order valence-corrected chi connectivity index (χ4v) is 1.91. The van der Waals surface area contributed by atoms with Gasteiger partial charge in [0.25, 0.3) is 5.56 Å². The van der Waals surface area contributed by atoms with Crippen LogP contribution in [0.25, 0.3) is 10.1 Å². The number of fused-ring (bicyclic) bond motifs is 1. The highest BCUT2D eigenvalue weighted by Gasteiger charge is 1.99. The van der Waals surface area contributed by atoms with Crippen LogP contribution < -0.4 is 5.56 Å². The zero-order chi connectivity index (χ0) is 9.84. The van der Waals surface area contributed by atoms with Crippen LogP contribution in [0.15, 0.2) is 28.5 Å². The number of aryl methyl sites for hydroxylation is 1. The highest BCUT2D eigenvalue weighted by molar-refractivity contribution is 7.17. The fourth-order valence-electron chi connectivity index (χ4n) is 1.04. The average Bonchev–Trinajstić information content (AvgIpc) is 2.63. The predicted octanol–water partition coefficient (Wildman–Crippen LogP) is 2.63. The Kier molecular flexibility index (Phi) is 3.25. The summed E-state index contributed by atoms with van der Waals surface area (Å²) in [6.07, 6.45) is 1.79. The Hall–Kier alpha value is -1.09. The summed E-state index contributed by atoms with van der Waals surface area (Å²) in [5.74, 6) is 0. The van der Waals surface area contributed by atoms with E-state index in [-0.39, 0.29) is 5.56 Å². The van der Waals surface area contributed by atoms with Gasteiger partial charge >= 0.3 is 0 Å². The summed E-state index contributed by atoms with van der Waals surface area (Å²) in [7, 11) is 1.77. The summed E-state index contributed by atoms with van der Waals surface area (Å²) in [6.45, 7) is 4.00. The molecule has 13 heavy (non-hydrogen) atoms. The summed E-state index contributed by atoms with van der Waals surface area (Å²) in [5, 5.41) is 2.98. The second kappa shape index (κ2) is 4.23. The summed E-state index contributed by atoms with van der Waals surface area (Å²) in [5.41, 5.74) is 0.0949. The van der Waals surface area contributed by atoms with Crippen molar-refractivity contribution in [3.05, 3.63) is 34.1 Å². The molecule has 0 fully saturated rings. The van der Waals surface area contributed by atoms with E-state index >= 15 is 0 Å². The van der Waals surface area contributed by atoms with Crippen LogP contribution in [-0.2, 0) is 7.05 Å². The third-order valence-electron chi connectivity index (χ3n) is 1.69. The summed E-state index contributed by atoms with van der Waals surface area (Å²) < 4.78 is 2.44. The van der Waals surface area contributed by atoms with Crippen LogP contribution in [0.3, 0.4) is 0 Å². The van der Waals surface area contributed by atoms with E-state index < -0.39 is 0 Å². The summed E-state index contributed by atoms with van der Waals surface area (Å²) in [6, 6.07) is 3.91. The monoisotopic (exact) mass is 195 g/mol. The van der Waals surface area contributed by atoms with Crippen LogP contribution in [0.1, 0.15) is 13.8 Å². The molecule has 0 bridgehead atoms. The quantitative estimate of drug-likeness (QED) is 0.633. The zero-order valence-electron chi connectivity index (χ0n) is 8.07. The standard InChI is InChI=1S/C8H7NOS.C2H6/c1-9-4-2-6-3-5-11-7(6)8(9)10;1-2/h2-5H,1H3;1-2H3. The number of aromatic nitrogens is 1. The molecule has 0 spiro atoms. The summed E-state index contributed by atoms with van der Waals surface area (Å²) >= 11 is 1.49. The van der Waals surface area contributed by atoms with Gasteiger partial charge in [0.15, 0.2) is 0 Å². The molecule has 0 aliphatic rings. The van der Waals surface area contributed by atoms with Gasteiger partial charge < -0.3 is 4.57 Å². The number of hydrogen-bond acceptors (Lipinski definition) is 2. The molecule has 3 heteroatoms. The van der Waals surface area contributed by atoms with Gasteiger partial charge in [-0.25, -0.2) is 0 Å². The second-order valence-corrected chi connectivity index (χ2v) is 3.35. The molecule has 2 aromatic rings. The van der Waals surface area contributed by atoms with Gasteiger partial charge in [-0.2, -0.15) is 0 Å². The molecular formula is C10H13NOS. The Morgan fingerprint density at radius 1 is 1.31 bits per heavy atom. The van der Waals surface area contributed by atoms with E-state index in [1.54, 1.807) is 17.8 Å². The molecule has 0 amide bonds. The fraction of sp³-hybridized carbons (Fsp3) is 0.300. The third kappa shape index (κ3) is 1.80. The first-order valence-corrected chi connectivity index (χ1v) is 5.20. The van der Waals surface area contributed by atoms with E-state index in [1.807, 2.05) is 31.4 Å². The Bertz CT molecular complexity index is 441. The Morgan fingerprint density at radius 3 is 2.69 bits per heavy atom. The van der Waals surface area contributed by atoms with Crippen molar-refractivity contribution in [2.75, 3.05) is 0 Å². The minimum Gasteiger partial charge on any atom is -0.317 e. The van der Waals surface area contributed by atoms with Crippen molar-refractivity contribution < 1.29 is 0 Å². The van der Waals surface area contributed by atoms with Crippen molar-refractivity contribution in [3.63, 3.8) is 0 Å². The van der Waals surface area contributed by atoms with Gasteiger partial charge in [0, 0.05) is 13.2 Å². The normalized spacial score (nSPS) is 9.46. The molecule has 0 aliphatic carbocycles. The van der Waals surface area contributed by atoms with Gasteiger partial charge in [0.05, 0.1) is 4.70 Å². The lowest BCUT2D eigenvalue weighted by atomic mass is 10.3. The molecule has 2 aromatic heterocycles. The van der Waals surface area contributed by atoms with Crippen LogP contribution in [-0.4, -0.2) is 4.57 Å². The number of thiophene rings is 1. The van der Waals surface area contributed by atoms with E-state index in [0.717, 1.165) is 10.1 Å². The highest BCUT2D eigenvalue weighted by atomic mass is 32.1. The molecule has 0 atom stereocenters. The lowest BCUT2D eigenvalue weighted by molar-refractivity contribution is 0.875. The van der Waals surface area contributed by atoms with Crippen LogP contribution in [0.4, 0.5) is 0 Å². The number of nitrogens with zero attached hydrogens (tertiary/aromatic N) is 1. The SMILES string of the molecule is CC.Cn1ccc2ccsc2c1=O.